The normalized spacial score (nSPS) is 13.6. The van der Waals surface area contributed by atoms with Gasteiger partial charge in [-0.15, -0.1) is 0 Å². The molecule has 1 N–H and O–H groups in total. The molecule has 9 heteroatoms. The summed E-state index contributed by atoms with van der Waals surface area (Å²) in [7, 11) is 1.61. The molecular weight excluding hydrogens is 396 g/mol. The monoisotopic (exact) mass is 420 g/mol. The van der Waals surface area contributed by atoms with Crippen LogP contribution in [0.15, 0.2) is 61.2 Å². The molecule has 1 fully saturated rings. The molecule has 1 aromatic heterocycles. The van der Waals surface area contributed by atoms with Crippen molar-refractivity contribution in [1.29, 1.82) is 0 Å². The van der Waals surface area contributed by atoms with Crippen molar-refractivity contribution in [3.8, 4) is 5.69 Å². The number of carbonyl (C=O) groups is 2. The fraction of sp³-hybridized carbons (Fsp3) is 0.273. The second-order valence-corrected chi connectivity index (χ2v) is 7.24. The lowest BCUT2D eigenvalue weighted by Crippen LogP contribution is -2.36. The third kappa shape index (κ3) is 5.07. The maximum atomic E-state index is 12.6. The molecule has 0 bridgehead atoms. The number of amides is 2. The third-order valence-corrected chi connectivity index (χ3v) is 5.05. The molecule has 0 unspecified atom stereocenters. The molecular formula is C22H24N6O3. The van der Waals surface area contributed by atoms with E-state index in [2.05, 4.69) is 20.3 Å². The van der Waals surface area contributed by atoms with Gasteiger partial charge in [0.1, 0.15) is 12.7 Å². The van der Waals surface area contributed by atoms with Crippen molar-refractivity contribution in [2.75, 3.05) is 50.1 Å². The van der Waals surface area contributed by atoms with Gasteiger partial charge in [-0.25, -0.2) is 9.67 Å². The van der Waals surface area contributed by atoms with Crippen LogP contribution in [0.3, 0.4) is 0 Å². The number of hydrogen-bond donors (Lipinski definition) is 1. The van der Waals surface area contributed by atoms with Crippen molar-refractivity contribution in [2.45, 2.75) is 0 Å². The molecule has 0 atom stereocenters. The average molecular weight is 420 g/mol. The number of carbonyl (C=O) groups excluding carboxylic acids is 2. The first-order valence-corrected chi connectivity index (χ1v) is 10.0. The van der Waals surface area contributed by atoms with Crippen LogP contribution in [0.2, 0.25) is 0 Å². The first-order valence-electron chi connectivity index (χ1n) is 10.0. The Morgan fingerprint density at radius 3 is 2.35 bits per heavy atom. The highest BCUT2D eigenvalue weighted by molar-refractivity contribution is 5.99. The zero-order valence-corrected chi connectivity index (χ0v) is 17.3. The fourth-order valence-corrected chi connectivity index (χ4v) is 3.38. The van der Waals surface area contributed by atoms with Crippen LogP contribution in [0.5, 0.6) is 0 Å². The van der Waals surface area contributed by atoms with Crippen LogP contribution in [0.25, 0.3) is 5.69 Å². The summed E-state index contributed by atoms with van der Waals surface area (Å²) in [6, 6.07) is 14.7. The molecule has 9 nitrogen and oxygen atoms in total. The molecule has 1 aliphatic heterocycles. The lowest BCUT2D eigenvalue weighted by molar-refractivity contribution is -0.116. The third-order valence-electron chi connectivity index (χ3n) is 5.05. The minimum absolute atomic E-state index is 0.0467. The molecule has 0 aliphatic carbocycles. The summed E-state index contributed by atoms with van der Waals surface area (Å²) >= 11 is 0. The van der Waals surface area contributed by atoms with E-state index in [1.165, 1.54) is 11.2 Å². The van der Waals surface area contributed by atoms with Gasteiger partial charge >= 0.3 is 0 Å². The summed E-state index contributed by atoms with van der Waals surface area (Å²) in [6.45, 7) is 3.12. The molecule has 0 spiro atoms. The first-order chi connectivity index (χ1) is 15.1. The molecule has 2 amide bonds. The molecule has 4 rings (SSSR count). The largest absolute Gasteiger partial charge is 0.378 e. The van der Waals surface area contributed by atoms with Crippen molar-refractivity contribution < 1.29 is 14.3 Å². The summed E-state index contributed by atoms with van der Waals surface area (Å²) in [5, 5.41) is 6.90. The Hall–Kier alpha value is -3.72. The fourth-order valence-electron chi connectivity index (χ4n) is 3.38. The Morgan fingerprint density at radius 2 is 1.71 bits per heavy atom. The van der Waals surface area contributed by atoms with E-state index in [0.29, 0.717) is 11.3 Å². The van der Waals surface area contributed by atoms with E-state index in [1.807, 2.05) is 24.3 Å². The van der Waals surface area contributed by atoms with Gasteiger partial charge in [-0.1, -0.05) is 0 Å². The van der Waals surface area contributed by atoms with Gasteiger partial charge in [0, 0.05) is 37.1 Å². The van der Waals surface area contributed by atoms with Gasteiger partial charge in [0.05, 0.1) is 25.4 Å². The summed E-state index contributed by atoms with van der Waals surface area (Å²) in [5.41, 5.74) is 3.09. The zero-order valence-electron chi connectivity index (χ0n) is 17.3. The van der Waals surface area contributed by atoms with Crippen LogP contribution in [0.1, 0.15) is 10.4 Å². The predicted molar refractivity (Wildman–Crippen MR) is 116 cm³/mol. The number of morpholine rings is 1. The molecule has 1 aliphatic rings. The topological polar surface area (TPSA) is 92.6 Å². The highest BCUT2D eigenvalue weighted by Crippen LogP contribution is 2.19. The average Bonchev–Trinajstić information content (AvgIpc) is 3.35. The van der Waals surface area contributed by atoms with Crippen molar-refractivity contribution >= 4 is 23.2 Å². The number of rotatable bonds is 6. The maximum absolute atomic E-state index is 12.6. The number of nitrogens with zero attached hydrogens (tertiary/aromatic N) is 5. The number of likely N-dealkylation sites (N-methyl/N-ethyl adjacent to an activating group) is 1. The molecule has 2 heterocycles. The van der Waals surface area contributed by atoms with Crippen LogP contribution >= 0.6 is 0 Å². The number of anilines is 2. The molecule has 31 heavy (non-hydrogen) atoms. The Kier molecular flexibility index (Phi) is 6.23. The van der Waals surface area contributed by atoms with Crippen LogP contribution in [0, 0.1) is 0 Å². The molecule has 160 valence electrons. The van der Waals surface area contributed by atoms with Crippen LogP contribution in [0.4, 0.5) is 11.4 Å². The molecule has 3 aromatic rings. The van der Waals surface area contributed by atoms with Gasteiger partial charge in [0.25, 0.3) is 5.91 Å². The summed E-state index contributed by atoms with van der Waals surface area (Å²) in [6.07, 6.45) is 3.03. The SMILES string of the molecule is CN(CC(=O)Nc1ccc(N2CCOCC2)cc1)C(=O)c1ccc(-n2cncn2)cc1. The summed E-state index contributed by atoms with van der Waals surface area (Å²) < 4.78 is 6.98. The van der Waals surface area contributed by atoms with Crippen molar-refractivity contribution in [1.82, 2.24) is 19.7 Å². The summed E-state index contributed by atoms with van der Waals surface area (Å²) in [4.78, 5) is 32.6. The lowest BCUT2D eigenvalue weighted by atomic mass is 10.2. The van der Waals surface area contributed by atoms with Gasteiger partial charge < -0.3 is 19.9 Å². The molecule has 1 saturated heterocycles. The number of hydrogen-bond acceptors (Lipinski definition) is 6. The van der Waals surface area contributed by atoms with E-state index >= 15 is 0 Å². The molecule has 2 aromatic carbocycles. The van der Waals surface area contributed by atoms with Gasteiger partial charge in [-0.2, -0.15) is 5.10 Å². The predicted octanol–water partition coefficient (Wildman–Crippen LogP) is 1.81. The van der Waals surface area contributed by atoms with Crippen LogP contribution in [-0.2, 0) is 9.53 Å². The second-order valence-electron chi connectivity index (χ2n) is 7.24. The first kappa shape index (κ1) is 20.5. The number of ether oxygens (including phenoxy) is 1. The highest BCUT2D eigenvalue weighted by atomic mass is 16.5. The van der Waals surface area contributed by atoms with E-state index in [4.69, 9.17) is 4.74 Å². The van der Waals surface area contributed by atoms with E-state index in [0.717, 1.165) is 37.7 Å². The smallest absolute Gasteiger partial charge is 0.254 e. The number of aromatic nitrogens is 3. The van der Waals surface area contributed by atoms with E-state index in [1.54, 1.807) is 42.3 Å². The van der Waals surface area contributed by atoms with Gasteiger partial charge in [0.15, 0.2) is 0 Å². The van der Waals surface area contributed by atoms with Gasteiger partial charge in [-0.05, 0) is 48.5 Å². The number of nitrogens with one attached hydrogen (secondary N) is 1. The van der Waals surface area contributed by atoms with E-state index in [9.17, 15) is 9.59 Å². The van der Waals surface area contributed by atoms with E-state index < -0.39 is 0 Å². The second kappa shape index (κ2) is 9.40. The van der Waals surface area contributed by atoms with Gasteiger partial charge in [0.2, 0.25) is 5.91 Å². The zero-order chi connectivity index (χ0) is 21.6. The standard InChI is InChI=1S/C22H24N6O3/c1-26(22(30)17-2-6-20(7-3-17)28-16-23-15-24-28)14-21(29)25-18-4-8-19(9-5-18)27-10-12-31-13-11-27/h2-9,15-16H,10-14H2,1H3,(H,25,29). The van der Waals surface area contributed by atoms with Crippen LogP contribution in [-0.4, -0.2) is 71.4 Å². The van der Waals surface area contributed by atoms with Crippen LogP contribution < -0.4 is 10.2 Å². The Labute approximate surface area is 180 Å². The molecule has 0 radical (unpaired) electrons. The van der Waals surface area contributed by atoms with Crippen molar-refractivity contribution in [2.24, 2.45) is 0 Å². The lowest BCUT2D eigenvalue weighted by Gasteiger charge is -2.28. The summed E-state index contributed by atoms with van der Waals surface area (Å²) in [5.74, 6) is -0.489. The highest BCUT2D eigenvalue weighted by Gasteiger charge is 2.16. The van der Waals surface area contributed by atoms with Crippen molar-refractivity contribution in [3.63, 3.8) is 0 Å². The minimum Gasteiger partial charge on any atom is -0.378 e. The van der Waals surface area contributed by atoms with Gasteiger partial charge in [-0.3, -0.25) is 9.59 Å². The Morgan fingerprint density at radius 1 is 1.03 bits per heavy atom. The quantitative estimate of drug-likeness (QED) is 0.654. The number of benzene rings is 2. The van der Waals surface area contributed by atoms with Crippen molar-refractivity contribution in [3.05, 3.63) is 66.7 Å². The minimum atomic E-state index is -0.255. The Balaban J connectivity index is 1.31. The van der Waals surface area contributed by atoms with E-state index in [-0.39, 0.29) is 18.4 Å². The Bertz CT molecular complexity index is 1010. The maximum Gasteiger partial charge on any atom is 0.254 e. The molecule has 0 saturated carbocycles.